The Morgan fingerprint density at radius 3 is 2.44 bits per heavy atom. The molecule has 10 heteroatoms. The topological polar surface area (TPSA) is 134 Å². The van der Waals surface area contributed by atoms with Gasteiger partial charge in [-0.1, -0.05) is 20.8 Å². The Morgan fingerprint density at radius 2 is 1.92 bits per heavy atom. The average Bonchev–Trinajstić information content (AvgIpc) is 2.75. The van der Waals surface area contributed by atoms with Crippen molar-refractivity contribution in [2.75, 3.05) is 19.7 Å². The van der Waals surface area contributed by atoms with E-state index in [-0.39, 0.29) is 5.92 Å². The maximum atomic E-state index is 12.1. The van der Waals surface area contributed by atoms with Crippen LogP contribution in [0.3, 0.4) is 0 Å². The number of urea groups is 2. The van der Waals surface area contributed by atoms with E-state index in [1.165, 1.54) is 0 Å². The van der Waals surface area contributed by atoms with Crippen molar-refractivity contribution in [3.05, 3.63) is 0 Å². The van der Waals surface area contributed by atoms with Gasteiger partial charge in [0, 0.05) is 6.54 Å². The van der Waals surface area contributed by atoms with Crippen molar-refractivity contribution >= 4 is 29.8 Å². The van der Waals surface area contributed by atoms with E-state index >= 15 is 0 Å². The molecule has 0 saturated carbocycles. The average molecular weight is 356 g/mol. The van der Waals surface area contributed by atoms with E-state index in [0.717, 1.165) is 4.90 Å². The highest BCUT2D eigenvalue weighted by Crippen LogP contribution is 2.20. The fraction of sp³-hybridized carbons (Fsp3) is 0.667. The third-order valence-corrected chi connectivity index (χ3v) is 3.63. The van der Waals surface area contributed by atoms with Crippen molar-refractivity contribution in [2.45, 2.75) is 39.7 Å². The summed E-state index contributed by atoms with van der Waals surface area (Å²) < 4.78 is 4.69. The van der Waals surface area contributed by atoms with E-state index in [0.29, 0.717) is 13.0 Å². The fourth-order valence-corrected chi connectivity index (χ4v) is 1.95. The molecule has 1 saturated heterocycles. The van der Waals surface area contributed by atoms with Gasteiger partial charge in [0.2, 0.25) is 0 Å². The van der Waals surface area contributed by atoms with Crippen molar-refractivity contribution in [3.63, 3.8) is 0 Å². The second kappa shape index (κ2) is 8.45. The molecule has 3 N–H and O–H groups in total. The SMILES string of the molecule is CC[C@@]1(C)NC(=O)N(CC(=O)OCC(=O)NC(=O)NCC(C)C)C1=O. The fourth-order valence-electron chi connectivity index (χ4n) is 1.95. The van der Waals surface area contributed by atoms with Gasteiger partial charge >= 0.3 is 18.0 Å². The maximum Gasteiger partial charge on any atom is 0.326 e. The van der Waals surface area contributed by atoms with Crippen LogP contribution in [0.25, 0.3) is 0 Å². The van der Waals surface area contributed by atoms with E-state index in [2.05, 4.69) is 15.4 Å². The molecule has 1 rings (SSSR count). The molecule has 1 atom stereocenters. The maximum absolute atomic E-state index is 12.1. The van der Waals surface area contributed by atoms with Gasteiger partial charge in [0.25, 0.3) is 11.8 Å². The largest absolute Gasteiger partial charge is 0.454 e. The normalized spacial score (nSPS) is 19.6. The summed E-state index contributed by atoms with van der Waals surface area (Å²) >= 11 is 0. The van der Waals surface area contributed by atoms with Gasteiger partial charge in [0.1, 0.15) is 12.1 Å². The van der Waals surface area contributed by atoms with Gasteiger partial charge in [-0.25, -0.2) is 9.59 Å². The van der Waals surface area contributed by atoms with Gasteiger partial charge in [-0.3, -0.25) is 24.6 Å². The Balaban J connectivity index is 2.40. The second-order valence-electron chi connectivity index (χ2n) is 6.32. The Kier molecular flexibility index (Phi) is 6.89. The first-order chi connectivity index (χ1) is 11.6. The second-order valence-corrected chi connectivity index (χ2v) is 6.32. The van der Waals surface area contributed by atoms with E-state index < -0.39 is 48.5 Å². The van der Waals surface area contributed by atoms with E-state index in [9.17, 15) is 24.0 Å². The zero-order valence-corrected chi connectivity index (χ0v) is 14.8. The number of nitrogens with one attached hydrogen (secondary N) is 3. The van der Waals surface area contributed by atoms with Gasteiger partial charge in [0.05, 0.1) is 0 Å². The smallest absolute Gasteiger partial charge is 0.326 e. The third-order valence-electron chi connectivity index (χ3n) is 3.63. The molecule has 1 heterocycles. The number of ether oxygens (including phenoxy) is 1. The van der Waals surface area contributed by atoms with Crippen molar-refractivity contribution in [3.8, 4) is 0 Å². The standard InChI is InChI=1S/C15H24N4O6/c1-5-15(4)12(22)19(14(24)18-15)7-11(21)25-8-10(20)17-13(23)16-6-9(2)3/h9H,5-8H2,1-4H3,(H,18,24)(H2,16,17,20,23)/t15-/m1/s1. The van der Waals surface area contributed by atoms with Gasteiger partial charge in [0.15, 0.2) is 6.61 Å². The number of imide groups is 2. The summed E-state index contributed by atoms with van der Waals surface area (Å²) in [6.07, 6.45) is 0.372. The monoisotopic (exact) mass is 356 g/mol. The van der Waals surface area contributed by atoms with Crippen LogP contribution in [-0.2, 0) is 19.1 Å². The van der Waals surface area contributed by atoms with Crippen LogP contribution in [0.2, 0.25) is 0 Å². The number of hydrogen-bond donors (Lipinski definition) is 3. The summed E-state index contributed by atoms with van der Waals surface area (Å²) in [7, 11) is 0. The Hall–Kier alpha value is -2.65. The van der Waals surface area contributed by atoms with Crippen LogP contribution in [0, 0.1) is 5.92 Å². The molecule has 0 aliphatic carbocycles. The summed E-state index contributed by atoms with van der Waals surface area (Å²) in [5.74, 6) is -2.06. The van der Waals surface area contributed by atoms with Gasteiger partial charge < -0.3 is 15.4 Å². The number of carbonyl (C=O) groups excluding carboxylic acids is 5. The molecule has 1 fully saturated rings. The van der Waals surface area contributed by atoms with E-state index in [4.69, 9.17) is 0 Å². The molecule has 1 aliphatic rings. The van der Waals surface area contributed by atoms with E-state index in [1.807, 2.05) is 19.2 Å². The van der Waals surface area contributed by atoms with Gasteiger partial charge in [-0.2, -0.15) is 0 Å². The quantitative estimate of drug-likeness (QED) is 0.425. The highest BCUT2D eigenvalue weighted by Gasteiger charge is 2.47. The Bertz CT molecular complexity index is 576. The predicted octanol–water partition coefficient (Wildman–Crippen LogP) is -0.268. The van der Waals surface area contributed by atoms with Gasteiger partial charge in [-0.05, 0) is 19.3 Å². The molecule has 0 bridgehead atoms. The number of nitrogens with zero attached hydrogens (tertiary/aromatic N) is 1. The summed E-state index contributed by atoms with van der Waals surface area (Å²) in [6, 6.07) is -1.38. The zero-order valence-electron chi connectivity index (χ0n) is 14.8. The lowest BCUT2D eigenvalue weighted by Gasteiger charge is -2.18. The molecule has 0 aromatic heterocycles. The zero-order chi connectivity index (χ0) is 19.2. The first-order valence-corrected chi connectivity index (χ1v) is 7.96. The molecule has 140 valence electrons. The summed E-state index contributed by atoms with van der Waals surface area (Å²) in [6.45, 7) is 6.17. The van der Waals surface area contributed by atoms with Crippen LogP contribution in [0.5, 0.6) is 0 Å². The molecule has 0 aromatic rings. The highest BCUT2D eigenvalue weighted by molar-refractivity contribution is 6.08. The Morgan fingerprint density at radius 1 is 1.28 bits per heavy atom. The molecule has 1 aliphatic heterocycles. The van der Waals surface area contributed by atoms with Crippen molar-refractivity contribution in [1.82, 2.24) is 20.9 Å². The van der Waals surface area contributed by atoms with Crippen molar-refractivity contribution in [2.24, 2.45) is 5.92 Å². The molecular weight excluding hydrogens is 332 g/mol. The Labute approximate surface area is 145 Å². The minimum atomic E-state index is -1.05. The highest BCUT2D eigenvalue weighted by atomic mass is 16.5. The molecule has 0 radical (unpaired) electrons. The van der Waals surface area contributed by atoms with Crippen LogP contribution >= 0.6 is 0 Å². The molecule has 0 unspecified atom stereocenters. The lowest BCUT2D eigenvalue weighted by molar-refractivity contribution is -0.150. The number of rotatable bonds is 7. The van der Waals surface area contributed by atoms with Crippen LogP contribution in [0.1, 0.15) is 34.1 Å². The van der Waals surface area contributed by atoms with E-state index in [1.54, 1.807) is 13.8 Å². The third kappa shape index (κ3) is 5.73. The number of amides is 6. The van der Waals surface area contributed by atoms with Crippen LogP contribution < -0.4 is 16.0 Å². The minimum Gasteiger partial charge on any atom is -0.454 e. The van der Waals surface area contributed by atoms with Crippen LogP contribution in [0.15, 0.2) is 0 Å². The minimum absolute atomic E-state index is 0.219. The van der Waals surface area contributed by atoms with Crippen LogP contribution in [0.4, 0.5) is 9.59 Å². The van der Waals surface area contributed by atoms with Gasteiger partial charge in [-0.15, -0.1) is 0 Å². The molecule has 0 aromatic carbocycles. The summed E-state index contributed by atoms with van der Waals surface area (Å²) in [4.78, 5) is 59.2. The molecule has 25 heavy (non-hydrogen) atoms. The molecular formula is C15H24N4O6. The summed E-state index contributed by atoms with van der Waals surface area (Å²) in [5.41, 5.74) is -1.05. The van der Waals surface area contributed by atoms with Crippen LogP contribution in [-0.4, -0.2) is 60.0 Å². The first-order valence-electron chi connectivity index (χ1n) is 7.96. The lowest BCUT2D eigenvalue weighted by atomic mass is 9.99. The number of hydrogen-bond acceptors (Lipinski definition) is 6. The molecule has 6 amide bonds. The summed E-state index contributed by atoms with van der Waals surface area (Å²) in [5, 5.41) is 6.96. The van der Waals surface area contributed by atoms with Crippen molar-refractivity contribution < 1.29 is 28.7 Å². The number of esters is 1. The predicted molar refractivity (Wildman–Crippen MR) is 86.3 cm³/mol. The lowest BCUT2D eigenvalue weighted by Crippen LogP contribution is -2.44. The van der Waals surface area contributed by atoms with Crippen molar-refractivity contribution in [1.29, 1.82) is 0 Å². The first kappa shape index (κ1) is 20.4. The molecule has 0 spiro atoms. The number of carbonyl (C=O) groups is 5. The molecule has 10 nitrogen and oxygen atoms in total.